The van der Waals surface area contributed by atoms with E-state index in [0.717, 1.165) is 9.88 Å². The normalized spacial score (nSPS) is 10.5. The number of rotatable bonds is 4. The van der Waals surface area contributed by atoms with E-state index in [0.29, 0.717) is 6.42 Å². The minimum Gasteiger partial charge on any atom is -0.476 e. The molecular formula is C10H13NO2S. The first-order valence-electron chi connectivity index (χ1n) is 4.40. The molecule has 76 valence electrons. The van der Waals surface area contributed by atoms with E-state index in [9.17, 15) is 4.79 Å². The minimum absolute atomic E-state index is 0.196. The van der Waals surface area contributed by atoms with Gasteiger partial charge in [0.1, 0.15) is 0 Å². The van der Waals surface area contributed by atoms with Crippen molar-refractivity contribution < 1.29 is 9.90 Å². The van der Waals surface area contributed by atoms with Gasteiger partial charge in [0, 0.05) is 11.3 Å². The van der Waals surface area contributed by atoms with E-state index in [1.54, 1.807) is 6.08 Å². The quantitative estimate of drug-likeness (QED) is 0.779. The van der Waals surface area contributed by atoms with Crippen molar-refractivity contribution in [2.75, 3.05) is 0 Å². The van der Waals surface area contributed by atoms with Gasteiger partial charge in [0.25, 0.3) is 0 Å². The van der Waals surface area contributed by atoms with Gasteiger partial charge < -0.3 is 5.11 Å². The molecule has 0 aromatic carbocycles. The number of carbonyl (C=O) groups is 1. The van der Waals surface area contributed by atoms with Crippen molar-refractivity contribution in [1.82, 2.24) is 4.98 Å². The first kappa shape index (κ1) is 10.9. The minimum atomic E-state index is -0.944. The smallest absolute Gasteiger partial charge is 0.355 e. The Labute approximate surface area is 87.1 Å². The number of carboxylic acid groups (broad SMARTS) is 1. The summed E-state index contributed by atoms with van der Waals surface area (Å²) in [5.41, 5.74) is 0.196. The molecule has 0 unspecified atom stereocenters. The highest BCUT2D eigenvalue weighted by Crippen LogP contribution is 2.27. The second-order valence-corrected chi connectivity index (χ2v) is 4.39. The monoisotopic (exact) mass is 211 g/mol. The molecule has 0 atom stereocenters. The van der Waals surface area contributed by atoms with E-state index < -0.39 is 5.97 Å². The standard InChI is InChI=1S/C10H13NO2S/c1-4-5-7-11-8(10(12)13)9(14-7)6(2)3/h4,6H,1,5H2,2-3H3,(H,12,13). The maximum atomic E-state index is 10.9. The molecule has 0 aliphatic rings. The Morgan fingerprint density at radius 2 is 2.36 bits per heavy atom. The van der Waals surface area contributed by atoms with Gasteiger partial charge >= 0.3 is 5.97 Å². The van der Waals surface area contributed by atoms with Gasteiger partial charge in [0.05, 0.1) is 5.01 Å². The Bertz CT molecular complexity index is 355. The molecule has 1 rings (SSSR count). The number of aromatic nitrogens is 1. The molecule has 4 heteroatoms. The molecule has 3 nitrogen and oxygen atoms in total. The SMILES string of the molecule is C=CCc1nc(C(=O)O)c(C(C)C)s1. The van der Waals surface area contributed by atoms with Gasteiger partial charge in [-0.2, -0.15) is 0 Å². The second-order valence-electron chi connectivity index (χ2n) is 3.27. The Hall–Kier alpha value is -1.16. The molecule has 0 saturated heterocycles. The zero-order chi connectivity index (χ0) is 10.7. The van der Waals surface area contributed by atoms with Crippen molar-refractivity contribution in [2.24, 2.45) is 0 Å². The Morgan fingerprint density at radius 3 is 2.71 bits per heavy atom. The lowest BCUT2D eigenvalue weighted by molar-refractivity contribution is 0.0689. The van der Waals surface area contributed by atoms with Crippen LogP contribution in [0.1, 0.15) is 40.1 Å². The fraction of sp³-hybridized carbons (Fsp3) is 0.400. The molecule has 0 saturated carbocycles. The summed E-state index contributed by atoms with van der Waals surface area (Å²) in [7, 11) is 0. The summed E-state index contributed by atoms with van der Waals surface area (Å²) < 4.78 is 0. The number of hydrogen-bond acceptors (Lipinski definition) is 3. The van der Waals surface area contributed by atoms with E-state index >= 15 is 0 Å². The molecule has 1 heterocycles. The molecule has 0 amide bonds. The van der Waals surface area contributed by atoms with Crippen LogP contribution in [0.4, 0.5) is 0 Å². The van der Waals surface area contributed by atoms with Crippen molar-refractivity contribution in [3.63, 3.8) is 0 Å². The Morgan fingerprint density at radius 1 is 1.71 bits per heavy atom. The molecule has 0 radical (unpaired) electrons. The molecular weight excluding hydrogens is 198 g/mol. The fourth-order valence-electron chi connectivity index (χ4n) is 1.13. The highest BCUT2D eigenvalue weighted by Gasteiger charge is 2.18. The zero-order valence-corrected chi connectivity index (χ0v) is 9.10. The van der Waals surface area contributed by atoms with Crippen LogP contribution in [0, 0.1) is 0 Å². The van der Waals surface area contributed by atoms with Crippen LogP contribution in [0.3, 0.4) is 0 Å². The largest absolute Gasteiger partial charge is 0.476 e. The fourth-order valence-corrected chi connectivity index (χ4v) is 2.19. The van der Waals surface area contributed by atoms with Gasteiger partial charge in [-0.05, 0) is 5.92 Å². The molecule has 0 aliphatic carbocycles. The number of nitrogens with zero attached hydrogens (tertiary/aromatic N) is 1. The van der Waals surface area contributed by atoms with Crippen LogP contribution in [0.5, 0.6) is 0 Å². The topological polar surface area (TPSA) is 50.2 Å². The van der Waals surface area contributed by atoms with E-state index in [-0.39, 0.29) is 11.6 Å². The summed E-state index contributed by atoms with van der Waals surface area (Å²) in [6.07, 6.45) is 2.37. The van der Waals surface area contributed by atoms with Crippen LogP contribution in [-0.4, -0.2) is 16.1 Å². The van der Waals surface area contributed by atoms with Gasteiger partial charge in [0.2, 0.25) is 0 Å². The van der Waals surface area contributed by atoms with Gasteiger partial charge in [-0.15, -0.1) is 17.9 Å². The second kappa shape index (κ2) is 4.37. The summed E-state index contributed by atoms with van der Waals surface area (Å²) >= 11 is 1.46. The molecule has 1 N–H and O–H groups in total. The third kappa shape index (κ3) is 2.20. The van der Waals surface area contributed by atoms with Crippen LogP contribution in [-0.2, 0) is 6.42 Å². The molecule has 1 aromatic heterocycles. The van der Waals surface area contributed by atoms with Gasteiger partial charge in [-0.25, -0.2) is 9.78 Å². The maximum absolute atomic E-state index is 10.9. The summed E-state index contributed by atoms with van der Waals surface area (Å²) in [5, 5.41) is 9.73. The van der Waals surface area contributed by atoms with E-state index in [2.05, 4.69) is 11.6 Å². The van der Waals surface area contributed by atoms with Crippen LogP contribution < -0.4 is 0 Å². The van der Waals surface area contributed by atoms with Crippen molar-refractivity contribution in [3.05, 3.63) is 28.2 Å². The summed E-state index contributed by atoms with van der Waals surface area (Å²) in [6, 6.07) is 0. The lowest BCUT2D eigenvalue weighted by Crippen LogP contribution is -2.01. The molecule has 0 aliphatic heterocycles. The zero-order valence-electron chi connectivity index (χ0n) is 8.28. The molecule has 1 aromatic rings. The summed E-state index contributed by atoms with van der Waals surface area (Å²) in [5.74, 6) is -0.738. The van der Waals surface area contributed by atoms with E-state index in [1.807, 2.05) is 13.8 Å². The Kier molecular flexibility index (Phi) is 3.41. The number of aromatic carboxylic acids is 1. The van der Waals surface area contributed by atoms with Gasteiger partial charge in [-0.1, -0.05) is 19.9 Å². The lowest BCUT2D eigenvalue weighted by Gasteiger charge is -1.99. The molecule has 14 heavy (non-hydrogen) atoms. The number of hydrogen-bond donors (Lipinski definition) is 1. The summed E-state index contributed by atoms with van der Waals surface area (Å²) in [4.78, 5) is 15.8. The molecule has 0 bridgehead atoms. The lowest BCUT2D eigenvalue weighted by atomic mass is 10.1. The van der Waals surface area contributed by atoms with Crippen molar-refractivity contribution in [1.29, 1.82) is 0 Å². The van der Waals surface area contributed by atoms with Crippen molar-refractivity contribution in [2.45, 2.75) is 26.2 Å². The van der Waals surface area contributed by atoms with Crippen molar-refractivity contribution >= 4 is 17.3 Å². The van der Waals surface area contributed by atoms with Gasteiger partial charge in [0.15, 0.2) is 5.69 Å². The van der Waals surface area contributed by atoms with Gasteiger partial charge in [-0.3, -0.25) is 0 Å². The average Bonchev–Trinajstić information content (AvgIpc) is 2.49. The third-order valence-corrected chi connectivity index (χ3v) is 3.12. The number of thiazole rings is 1. The first-order valence-corrected chi connectivity index (χ1v) is 5.21. The van der Waals surface area contributed by atoms with Crippen LogP contribution >= 0.6 is 11.3 Å². The highest BCUT2D eigenvalue weighted by atomic mass is 32.1. The third-order valence-electron chi connectivity index (χ3n) is 1.74. The van der Waals surface area contributed by atoms with Crippen molar-refractivity contribution in [3.8, 4) is 0 Å². The highest BCUT2D eigenvalue weighted by molar-refractivity contribution is 7.12. The maximum Gasteiger partial charge on any atom is 0.355 e. The van der Waals surface area contributed by atoms with Crippen LogP contribution in [0.2, 0.25) is 0 Å². The van der Waals surface area contributed by atoms with Crippen LogP contribution in [0.15, 0.2) is 12.7 Å². The van der Waals surface area contributed by atoms with E-state index in [4.69, 9.17) is 5.11 Å². The number of allylic oxidation sites excluding steroid dienone is 1. The Balaban J connectivity index is 3.12. The van der Waals surface area contributed by atoms with E-state index in [1.165, 1.54) is 11.3 Å². The first-order chi connectivity index (χ1) is 6.56. The van der Waals surface area contributed by atoms with Crippen LogP contribution in [0.25, 0.3) is 0 Å². The number of carboxylic acids is 1. The average molecular weight is 211 g/mol. The molecule has 0 fully saturated rings. The predicted molar refractivity (Wildman–Crippen MR) is 57.1 cm³/mol. The predicted octanol–water partition coefficient (Wildman–Crippen LogP) is 2.69. The summed E-state index contributed by atoms with van der Waals surface area (Å²) in [6.45, 7) is 7.54. The molecule has 0 spiro atoms.